The minimum Gasteiger partial charge on any atom is -0.358 e. The molecule has 134 valence electrons. The van der Waals surface area contributed by atoms with Gasteiger partial charge in [-0.05, 0) is 45.1 Å². The first-order chi connectivity index (χ1) is 12.1. The van der Waals surface area contributed by atoms with Crippen molar-refractivity contribution in [3.05, 3.63) is 39.7 Å². The maximum Gasteiger partial charge on any atom is 0.274 e. The SMILES string of the molecule is Cc1c([N+](=O)[O-])cc2c(c1CN1CCCC3CCCCC31)NC=CN2. The predicted octanol–water partition coefficient (Wildman–Crippen LogP) is 4.37. The number of likely N-dealkylation sites (tertiary alicyclic amines) is 1. The van der Waals surface area contributed by atoms with Crippen LogP contribution < -0.4 is 10.6 Å². The second kappa shape index (κ2) is 6.67. The van der Waals surface area contributed by atoms with Gasteiger partial charge in [0.1, 0.15) is 0 Å². The summed E-state index contributed by atoms with van der Waals surface area (Å²) in [7, 11) is 0. The number of piperidine rings is 1. The summed E-state index contributed by atoms with van der Waals surface area (Å²) >= 11 is 0. The smallest absolute Gasteiger partial charge is 0.274 e. The number of nitro benzene ring substituents is 1. The molecule has 2 fully saturated rings. The summed E-state index contributed by atoms with van der Waals surface area (Å²) in [4.78, 5) is 13.8. The normalized spacial score (nSPS) is 25.5. The quantitative estimate of drug-likeness (QED) is 0.630. The van der Waals surface area contributed by atoms with E-state index in [1.807, 2.05) is 13.1 Å². The number of anilines is 2. The molecular weight excluding hydrogens is 316 g/mol. The van der Waals surface area contributed by atoms with Crippen molar-refractivity contribution in [2.45, 2.75) is 58.0 Å². The Morgan fingerprint density at radius 2 is 1.96 bits per heavy atom. The van der Waals surface area contributed by atoms with Crippen LogP contribution in [0.2, 0.25) is 0 Å². The van der Waals surface area contributed by atoms with E-state index in [0.29, 0.717) is 6.04 Å². The molecule has 1 saturated heterocycles. The highest BCUT2D eigenvalue weighted by atomic mass is 16.6. The Labute approximate surface area is 148 Å². The van der Waals surface area contributed by atoms with Crippen molar-refractivity contribution in [2.75, 3.05) is 17.2 Å². The van der Waals surface area contributed by atoms with Gasteiger partial charge in [-0.2, -0.15) is 0 Å². The minimum absolute atomic E-state index is 0.204. The van der Waals surface area contributed by atoms with Gasteiger partial charge in [0, 0.05) is 42.2 Å². The molecule has 4 rings (SSSR count). The van der Waals surface area contributed by atoms with E-state index in [4.69, 9.17) is 0 Å². The molecule has 6 heteroatoms. The lowest BCUT2D eigenvalue weighted by Crippen LogP contribution is -2.46. The molecule has 0 amide bonds. The third kappa shape index (κ3) is 2.99. The monoisotopic (exact) mass is 342 g/mol. The summed E-state index contributed by atoms with van der Waals surface area (Å²) in [5.74, 6) is 0.809. The topological polar surface area (TPSA) is 70.4 Å². The van der Waals surface area contributed by atoms with E-state index < -0.39 is 0 Å². The number of fused-ring (bicyclic) bond motifs is 2. The largest absolute Gasteiger partial charge is 0.358 e. The lowest BCUT2D eigenvalue weighted by molar-refractivity contribution is -0.385. The molecule has 2 heterocycles. The predicted molar refractivity (Wildman–Crippen MR) is 99.6 cm³/mol. The zero-order valence-electron chi connectivity index (χ0n) is 14.8. The fourth-order valence-electron chi connectivity index (χ4n) is 4.87. The molecule has 0 spiro atoms. The fourth-order valence-corrected chi connectivity index (χ4v) is 4.87. The van der Waals surface area contributed by atoms with Crippen LogP contribution >= 0.6 is 0 Å². The molecule has 25 heavy (non-hydrogen) atoms. The number of benzene rings is 1. The van der Waals surface area contributed by atoms with Crippen LogP contribution in [0, 0.1) is 23.0 Å². The van der Waals surface area contributed by atoms with Gasteiger partial charge < -0.3 is 10.6 Å². The molecular formula is C19H26N4O2. The lowest BCUT2D eigenvalue weighted by atomic mass is 9.78. The van der Waals surface area contributed by atoms with E-state index >= 15 is 0 Å². The molecule has 0 bridgehead atoms. The number of hydrogen-bond donors (Lipinski definition) is 2. The highest BCUT2D eigenvalue weighted by Crippen LogP contribution is 2.41. The minimum atomic E-state index is -0.265. The maximum atomic E-state index is 11.5. The van der Waals surface area contributed by atoms with Crippen molar-refractivity contribution >= 4 is 17.1 Å². The van der Waals surface area contributed by atoms with Gasteiger partial charge in [-0.3, -0.25) is 15.0 Å². The van der Waals surface area contributed by atoms with Crippen LogP contribution in [0.25, 0.3) is 0 Å². The van der Waals surface area contributed by atoms with Gasteiger partial charge in [0.25, 0.3) is 5.69 Å². The number of hydrogen-bond acceptors (Lipinski definition) is 5. The summed E-state index contributed by atoms with van der Waals surface area (Å²) < 4.78 is 0. The lowest BCUT2D eigenvalue weighted by Gasteiger charge is -2.44. The van der Waals surface area contributed by atoms with E-state index in [9.17, 15) is 10.1 Å². The van der Waals surface area contributed by atoms with Gasteiger partial charge in [-0.1, -0.05) is 12.8 Å². The Balaban J connectivity index is 1.69. The molecule has 2 aliphatic heterocycles. The molecule has 6 nitrogen and oxygen atoms in total. The van der Waals surface area contributed by atoms with Crippen LogP contribution in [-0.2, 0) is 6.54 Å². The summed E-state index contributed by atoms with van der Waals surface area (Å²) in [6, 6.07) is 2.29. The first kappa shape index (κ1) is 16.4. The molecule has 2 atom stereocenters. The highest BCUT2D eigenvalue weighted by molar-refractivity contribution is 5.81. The van der Waals surface area contributed by atoms with Crippen molar-refractivity contribution in [3.8, 4) is 0 Å². The van der Waals surface area contributed by atoms with Gasteiger partial charge in [0.15, 0.2) is 0 Å². The summed E-state index contributed by atoms with van der Waals surface area (Å²) in [6.45, 7) is 3.77. The first-order valence-corrected chi connectivity index (χ1v) is 9.38. The Kier molecular flexibility index (Phi) is 4.37. The average molecular weight is 342 g/mol. The Bertz CT molecular complexity index is 714. The Morgan fingerprint density at radius 3 is 2.80 bits per heavy atom. The van der Waals surface area contributed by atoms with Crippen LogP contribution in [0.4, 0.5) is 17.1 Å². The number of rotatable bonds is 3. The molecule has 2 unspecified atom stereocenters. The molecule has 1 aliphatic carbocycles. The summed E-state index contributed by atoms with van der Waals surface area (Å²) in [5.41, 5.74) is 3.84. The van der Waals surface area contributed by atoms with Gasteiger partial charge in [-0.15, -0.1) is 0 Å². The zero-order valence-corrected chi connectivity index (χ0v) is 14.8. The molecule has 2 N–H and O–H groups in total. The molecule has 3 aliphatic rings. The van der Waals surface area contributed by atoms with Gasteiger partial charge >= 0.3 is 0 Å². The van der Waals surface area contributed by atoms with E-state index in [0.717, 1.165) is 41.5 Å². The molecule has 1 saturated carbocycles. The second-order valence-corrected chi connectivity index (χ2v) is 7.53. The van der Waals surface area contributed by atoms with Crippen molar-refractivity contribution < 1.29 is 4.92 Å². The van der Waals surface area contributed by atoms with Gasteiger partial charge in [0.2, 0.25) is 0 Å². The van der Waals surface area contributed by atoms with Crippen LogP contribution in [0.15, 0.2) is 18.5 Å². The third-order valence-electron chi connectivity index (χ3n) is 6.16. The van der Waals surface area contributed by atoms with Crippen molar-refractivity contribution in [3.63, 3.8) is 0 Å². The van der Waals surface area contributed by atoms with E-state index in [-0.39, 0.29) is 10.6 Å². The summed E-state index contributed by atoms with van der Waals surface area (Å²) in [6.07, 6.45) is 11.5. The van der Waals surface area contributed by atoms with Gasteiger partial charge in [-0.25, -0.2) is 0 Å². The van der Waals surface area contributed by atoms with E-state index in [1.165, 1.54) is 38.5 Å². The van der Waals surface area contributed by atoms with Crippen molar-refractivity contribution in [1.82, 2.24) is 4.90 Å². The van der Waals surface area contributed by atoms with Crippen LogP contribution in [-0.4, -0.2) is 22.4 Å². The number of nitrogens with one attached hydrogen (secondary N) is 2. The molecule has 0 aromatic heterocycles. The Morgan fingerprint density at radius 1 is 1.20 bits per heavy atom. The maximum absolute atomic E-state index is 11.5. The first-order valence-electron chi connectivity index (χ1n) is 9.38. The Hall–Kier alpha value is -2.08. The standard InChI is InChI=1S/C19H26N4O2/c1-13-15(12-22-10-4-6-14-5-2-3-7-17(14)22)19-16(20-8-9-21-19)11-18(13)23(24)25/h8-9,11,14,17,20-21H,2-7,10,12H2,1H3. The highest BCUT2D eigenvalue weighted by Gasteiger charge is 2.34. The molecule has 1 aromatic carbocycles. The third-order valence-corrected chi connectivity index (χ3v) is 6.16. The van der Waals surface area contributed by atoms with Crippen molar-refractivity contribution in [2.24, 2.45) is 5.92 Å². The second-order valence-electron chi connectivity index (χ2n) is 7.53. The van der Waals surface area contributed by atoms with Crippen LogP contribution in [0.5, 0.6) is 0 Å². The number of nitrogens with zero attached hydrogens (tertiary/aromatic N) is 2. The van der Waals surface area contributed by atoms with Crippen LogP contribution in [0.3, 0.4) is 0 Å². The average Bonchev–Trinajstić information content (AvgIpc) is 2.63. The molecule has 0 radical (unpaired) electrons. The fraction of sp³-hybridized carbons (Fsp3) is 0.579. The zero-order chi connectivity index (χ0) is 17.4. The van der Waals surface area contributed by atoms with Crippen LogP contribution in [0.1, 0.15) is 49.7 Å². The number of nitro groups is 1. The molecule has 1 aromatic rings. The summed E-state index contributed by atoms with van der Waals surface area (Å²) in [5, 5.41) is 18.0. The van der Waals surface area contributed by atoms with E-state index in [2.05, 4.69) is 15.5 Å². The van der Waals surface area contributed by atoms with Crippen molar-refractivity contribution in [1.29, 1.82) is 0 Å². The van der Waals surface area contributed by atoms with E-state index in [1.54, 1.807) is 12.3 Å². The van der Waals surface area contributed by atoms with Gasteiger partial charge in [0.05, 0.1) is 16.3 Å².